The zero-order valence-corrected chi connectivity index (χ0v) is 19.1. The van der Waals surface area contributed by atoms with E-state index in [1.165, 1.54) is 0 Å². The number of sulfonamides is 1. The number of rotatable bonds is 6. The monoisotopic (exact) mass is 489 g/mol. The number of halogens is 3. The first-order valence-corrected chi connectivity index (χ1v) is 11.5. The van der Waals surface area contributed by atoms with E-state index in [1.54, 1.807) is 18.3 Å². The van der Waals surface area contributed by atoms with E-state index >= 15 is 0 Å². The number of nitrogens with two attached hydrogens (primary N) is 1. The van der Waals surface area contributed by atoms with Crippen LogP contribution in [-0.2, 0) is 21.2 Å². The molecule has 1 saturated heterocycles. The fourth-order valence-electron chi connectivity index (χ4n) is 2.98. The first-order valence-electron chi connectivity index (χ1n) is 9.93. The molecule has 0 atom stereocenters. The number of aromatic nitrogens is 2. The van der Waals surface area contributed by atoms with Gasteiger partial charge in [0.15, 0.2) is 0 Å². The summed E-state index contributed by atoms with van der Waals surface area (Å²) in [4.78, 5) is 20.0. The quantitative estimate of drug-likeness (QED) is 0.560. The van der Waals surface area contributed by atoms with E-state index in [0.29, 0.717) is 35.6 Å². The van der Waals surface area contributed by atoms with E-state index in [0.717, 1.165) is 18.7 Å². The summed E-state index contributed by atoms with van der Waals surface area (Å²) in [7, 11) is -1.84. The van der Waals surface area contributed by atoms with Gasteiger partial charge >= 0.3 is 12.1 Å². The molecule has 0 radical (unpaired) electrons. The number of carboxylic acid groups (broad SMARTS) is 1. The van der Waals surface area contributed by atoms with Gasteiger partial charge in [0.2, 0.25) is 16.0 Å². The van der Waals surface area contributed by atoms with Gasteiger partial charge in [0.05, 0.1) is 16.6 Å². The average Bonchev–Trinajstić information content (AvgIpc) is 2.65. The molecule has 1 fully saturated rings. The lowest BCUT2D eigenvalue weighted by molar-refractivity contribution is -0.192. The molecule has 3 rings (SSSR count). The van der Waals surface area contributed by atoms with E-state index < -0.39 is 22.2 Å². The van der Waals surface area contributed by atoms with Crippen LogP contribution in [0.1, 0.15) is 19.4 Å². The molecule has 0 spiro atoms. The normalized spacial score (nSPS) is 14.3. The number of nitrogens with one attached hydrogen (secondary N) is 1. The summed E-state index contributed by atoms with van der Waals surface area (Å²) < 4.78 is 55.9. The van der Waals surface area contributed by atoms with Gasteiger partial charge in [-0.1, -0.05) is 26.0 Å². The van der Waals surface area contributed by atoms with Gasteiger partial charge < -0.3 is 15.3 Å². The molecular formula is C20H26F3N5O4S. The summed E-state index contributed by atoms with van der Waals surface area (Å²) in [6.07, 6.45) is -2.74. The van der Waals surface area contributed by atoms with Crippen LogP contribution in [-0.4, -0.2) is 61.8 Å². The van der Waals surface area contributed by atoms with Crippen molar-refractivity contribution in [3.63, 3.8) is 0 Å². The van der Waals surface area contributed by atoms with Gasteiger partial charge in [0.1, 0.15) is 0 Å². The van der Waals surface area contributed by atoms with Crippen molar-refractivity contribution in [2.75, 3.05) is 25.0 Å². The number of anilines is 1. The fourth-order valence-corrected chi connectivity index (χ4v) is 3.78. The van der Waals surface area contributed by atoms with Crippen LogP contribution in [0.25, 0.3) is 11.3 Å². The van der Waals surface area contributed by atoms with Crippen molar-refractivity contribution in [1.29, 1.82) is 0 Å². The molecule has 1 aromatic carbocycles. The lowest BCUT2D eigenvalue weighted by Gasteiger charge is -2.35. The number of carbonyl (C=O) groups is 1. The Balaban J connectivity index is 0.000000479. The molecule has 0 aliphatic carbocycles. The van der Waals surface area contributed by atoms with Crippen LogP contribution in [0.15, 0.2) is 35.4 Å². The Morgan fingerprint density at radius 3 is 2.36 bits per heavy atom. The molecule has 2 heterocycles. The number of hydrogen-bond acceptors (Lipinski definition) is 7. The molecule has 182 valence electrons. The SMILES string of the molecule is CC(C)Cc1ccc(-c2ccnc(N(C)C3CNC3)n2)cc1S(N)(=O)=O.O=C(O)C(F)(F)F. The highest BCUT2D eigenvalue weighted by molar-refractivity contribution is 7.89. The van der Waals surface area contributed by atoms with Crippen LogP contribution >= 0.6 is 0 Å². The zero-order valence-electron chi connectivity index (χ0n) is 18.3. The summed E-state index contributed by atoms with van der Waals surface area (Å²) in [5, 5.41) is 15.8. The standard InChI is InChI=1S/C18H25N5O2S.C2HF3O2/c1-12(2)8-14-5-4-13(9-17(14)26(19,24)25)16-6-7-21-18(22-16)23(3)15-10-20-11-15;3-2(4,5)1(6)7/h4-7,9,12,15,20H,8,10-11H2,1-3H3,(H2,19,24,25);(H,6,7). The molecule has 2 aromatic rings. The van der Waals surface area contributed by atoms with Crippen molar-refractivity contribution in [3.8, 4) is 11.3 Å². The Morgan fingerprint density at radius 1 is 1.30 bits per heavy atom. The first-order chi connectivity index (χ1) is 15.2. The van der Waals surface area contributed by atoms with Gasteiger partial charge in [0, 0.05) is 31.9 Å². The first kappa shape index (κ1) is 26.5. The maximum absolute atomic E-state index is 12.1. The molecule has 33 heavy (non-hydrogen) atoms. The zero-order chi connectivity index (χ0) is 25.0. The van der Waals surface area contributed by atoms with Crippen LogP contribution in [0.4, 0.5) is 19.1 Å². The third kappa shape index (κ3) is 7.37. The molecule has 4 N–H and O–H groups in total. The molecule has 0 bridgehead atoms. The number of primary sulfonamides is 1. The van der Waals surface area contributed by atoms with E-state index in [1.807, 2.05) is 37.9 Å². The molecule has 0 unspecified atom stereocenters. The summed E-state index contributed by atoms with van der Waals surface area (Å²) in [5.74, 6) is -1.80. The van der Waals surface area contributed by atoms with Crippen LogP contribution in [0.3, 0.4) is 0 Å². The van der Waals surface area contributed by atoms with Crippen molar-refractivity contribution in [2.24, 2.45) is 11.1 Å². The summed E-state index contributed by atoms with van der Waals surface area (Å²) >= 11 is 0. The number of benzene rings is 1. The molecule has 0 amide bonds. The number of hydrogen-bond donors (Lipinski definition) is 3. The topological polar surface area (TPSA) is 139 Å². The highest BCUT2D eigenvalue weighted by Crippen LogP contribution is 2.26. The number of likely N-dealkylation sites (N-methyl/N-ethyl adjacent to an activating group) is 1. The minimum atomic E-state index is -5.08. The van der Waals surface area contributed by atoms with Crippen molar-refractivity contribution < 1.29 is 31.5 Å². The number of nitrogens with zero attached hydrogens (tertiary/aromatic N) is 3. The Bertz CT molecular complexity index is 1090. The summed E-state index contributed by atoms with van der Waals surface area (Å²) in [6.45, 7) is 5.90. The Hall–Kier alpha value is -2.77. The third-order valence-corrected chi connectivity index (χ3v) is 5.80. The molecule has 9 nitrogen and oxygen atoms in total. The number of carboxylic acids is 1. The predicted octanol–water partition coefficient (Wildman–Crippen LogP) is 2.03. The fraction of sp³-hybridized carbons (Fsp3) is 0.450. The van der Waals surface area contributed by atoms with Crippen molar-refractivity contribution in [1.82, 2.24) is 15.3 Å². The van der Waals surface area contributed by atoms with Gasteiger partial charge in [-0.3, -0.25) is 0 Å². The second-order valence-corrected chi connectivity index (χ2v) is 9.46. The van der Waals surface area contributed by atoms with Gasteiger partial charge in [0.25, 0.3) is 0 Å². The van der Waals surface area contributed by atoms with Gasteiger partial charge in [-0.05, 0) is 30.0 Å². The maximum atomic E-state index is 12.1. The molecule has 0 saturated carbocycles. The Kier molecular flexibility index (Phi) is 8.38. The van der Waals surface area contributed by atoms with E-state index in [9.17, 15) is 21.6 Å². The highest BCUT2D eigenvalue weighted by Gasteiger charge is 2.38. The van der Waals surface area contributed by atoms with E-state index in [4.69, 9.17) is 15.0 Å². The van der Waals surface area contributed by atoms with Gasteiger partial charge in [-0.2, -0.15) is 13.2 Å². The van der Waals surface area contributed by atoms with Crippen LogP contribution in [0.2, 0.25) is 0 Å². The van der Waals surface area contributed by atoms with Crippen LogP contribution < -0.4 is 15.4 Å². The highest BCUT2D eigenvalue weighted by atomic mass is 32.2. The molecule has 13 heteroatoms. The van der Waals surface area contributed by atoms with E-state index in [-0.39, 0.29) is 4.90 Å². The maximum Gasteiger partial charge on any atom is 0.490 e. The summed E-state index contributed by atoms with van der Waals surface area (Å²) in [5.41, 5.74) is 2.12. The Morgan fingerprint density at radius 2 is 1.91 bits per heavy atom. The average molecular weight is 490 g/mol. The van der Waals surface area contributed by atoms with E-state index in [2.05, 4.69) is 15.3 Å². The second kappa shape index (κ2) is 10.4. The second-order valence-electron chi connectivity index (χ2n) is 7.93. The molecule has 1 aliphatic heterocycles. The van der Waals surface area contributed by atoms with Gasteiger partial charge in [-0.25, -0.2) is 28.3 Å². The minimum Gasteiger partial charge on any atom is -0.475 e. The Labute approximate surface area is 189 Å². The largest absolute Gasteiger partial charge is 0.490 e. The minimum absolute atomic E-state index is 0.167. The van der Waals surface area contributed by atoms with Gasteiger partial charge in [-0.15, -0.1) is 0 Å². The number of alkyl halides is 3. The summed E-state index contributed by atoms with van der Waals surface area (Å²) in [6, 6.07) is 7.49. The lowest BCUT2D eigenvalue weighted by Crippen LogP contribution is -2.56. The molecular weight excluding hydrogens is 463 g/mol. The number of aliphatic carboxylic acids is 1. The molecule has 1 aromatic heterocycles. The van der Waals surface area contributed by atoms with Crippen LogP contribution in [0, 0.1) is 5.92 Å². The predicted molar refractivity (Wildman–Crippen MR) is 116 cm³/mol. The lowest BCUT2D eigenvalue weighted by atomic mass is 10.0. The van der Waals surface area contributed by atoms with Crippen molar-refractivity contribution in [2.45, 2.75) is 37.4 Å². The third-order valence-electron chi connectivity index (χ3n) is 4.81. The molecule has 1 aliphatic rings. The van der Waals surface area contributed by atoms with Crippen molar-refractivity contribution >= 4 is 21.9 Å². The van der Waals surface area contributed by atoms with Crippen LogP contribution in [0.5, 0.6) is 0 Å². The smallest absolute Gasteiger partial charge is 0.475 e. The van der Waals surface area contributed by atoms with Crippen molar-refractivity contribution in [3.05, 3.63) is 36.0 Å².